The molecule has 174 valence electrons. The van der Waals surface area contributed by atoms with E-state index >= 15 is 0 Å². The molecule has 0 bridgehead atoms. The summed E-state index contributed by atoms with van der Waals surface area (Å²) in [5.74, 6) is 0.471. The quantitative estimate of drug-likeness (QED) is 0.302. The number of β-lactam (4-membered cyclic amide) rings is 1. The third-order valence-corrected chi connectivity index (χ3v) is 8.69. The summed E-state index contributed by atoms with van der Waals surface area (Å²) in [6.07, 6.45) is 1.33. The second-order valence-corrected chi connectivity index (χ2v) is 10.7. The summed E-state index contributed by atoms with van der Waals surface area (Å²) < 4.78 is 6.51. The van der Waals surface area contributed by atoms with Gasteiger partial charge in [0.25, 0.3) is 0 Å². The molecule has 1 saturated heterocycles. The summed E-state index contributed by atoms with van der Waals surface area (Å²) in [5, 5.41) is 0.882. The summed E-state index contributed by atoms with van der Waals surface area (Å²) >= 11 is 9.01. The van der Waals surface area contributed by atoms with E-state index in [1.807, 2.05) is 72.8 Å². The van der Waals surface area contributed by atoms with Crippen molar-refractivity contribution in [3.05, 3.63) is 101 Å². The molecule has 9 heteroatoms. The van der Waals surface area contributed by atoms with Gasteiger partial charge in [0.05, 0.1) is 0 Å². The summed E-state index contributed by atoms with van der Waals surface area (Å²) in [4.78, 5) is 24.6. The number of thioether (sulfide) groups is 1. The van der Waals surface area contributed by atoms with Crippen molar-refractivity contribution in [1.82, 2.24) is 14.9 Å². The molecule has 6 nitrogen and oxygen atoms in total. The third kappa shape index (κ3) is 3.94. The Morgan fingerprint density at radius 2 is 1.74 bits per heavy atom. The highest BCUT2D eigenvalue weighted by Crippen LogP contribution is 2.45. The lowest BCUT2D eigenvalue weighted by Gasteiger charge is -2.49. The van der Waals surface area contributed by atoms with Gasteiger partial charge in [-0.3, -0.25) is 9.69 Å². The topological polar surface area (TPSA) is 81.3 Å². The molecule has 35 heavy (non-hydrogen) atoms. The van der Waals surface area contributed by atoms with Gasteiger partial charge in [-0.15, -0.1) is 11.8 Å². The number of rotatable bonds is 5. The van der Waals surface area contributed by atoms with Crippen molar-refractivity contribution in [2.45, 2.75) is 17.5 Å². The van der Waals surface area contributed by atoms with Crippen LogP contribution in [0.2, 0.25) is 0 Å². The van der Waals surface area contributed by atoms with E-state index in [4.69, 9.17) is 27.7 Å². The number of thiocarbonyl (C=S) groups is 1. The molecular formula is C26H20N4O2S3. The number of thiazole rings is 1. The van der Waals surface area contributed by atoms with Crippen molar-refractivity contribution >= 4 is 62.2 Å². The SMILES string of the molecule is NC1C(=O)N2C(C(=S)OC(c3ccccc3)c3ccccc3)=C(c3nc4cccnc4s3)CS[C@H]12. The predicted molar refractivity (Wildman–Crippen MR) is 144 cm³/mol. The van der Waals surface area contributed by atoms with Crippen LogP contribution in [-0.2, 0) is 9.53 Å². The van der Waals surface area contributed by atoms with E-state index in [1.54, 1.807) is 22.9 Å². The molecule has 0 saturated carbocycles. The number of nitrogens with zero attached hydrogens (tertiary/aromatic N) is 3. The Balaban J connectivity index is 1.44. The molecule has 1 fully saturated rings. The maximum Gasteiger partial charge on any atom is 0.248 e. The fraction of sp³-hybridized carbons (Fsp3) is 0.154. The molecule has 2 aromatic carbocycles. The van der Waals surface area contributed by atoms with Crippen LogP contribution in [0.25, 0.3) is 15.9 Å². The summed E-state index contributed by atoms with van der Waals surface area (Å²) in [5.41, 5.74) is 10.4. The van der Waals surface area contributed by atoms with Crippen LogP contribution >= 0.6 is 35.3 Å². The first kappa shape index (κ1) is 22.4. The van der Waals surface area contributed by atoms with Gasteiger partial charge >= 0.3 is 0 Å². The van der Waals surface area contributed by atoms with E-state index in [0.29, 0.717) is 11.4 Å². The normalized spacial score (nSPS) is 19.6. The van der Waals surface area contributed by atoms with E-state index in [9.17, 15) is 4.79 Å². The first-order valence-electron chi connectivity index (χ1n) is 11.1. The molecule has 2 aliphatic heterocycles. The average molecular weight is 517 g/mol. The molecular weight excluding hydrogens is 497 g/mol. The number of carbonyl (C=O) groups excluding carboxylic acids is 1. The number of aromatic nitrogens is 2. The van der Waals surface area contributed by atoms with Gasteiger partial charge in [0.15, 0.2) is 0 Å². The smallest absolute Gasteiger partial charge is 0.248 e. The maximum absolute atomic E-state index is 12.9. The van der Waals surface area contributed by atoms with Gasteiger partial charge in [-0.2, -0.15) is 0 Å². The van der Waals surface area contributed by atoms with Crippen LogP contribution in [0, 0.1) is 0 Å². The Kier molecular flexibility index (Phi) is 5.85. The Morgan fingerprint density at radius 1 is 1.06 bits per heavy atom. The summed E-state index contributed by atoms with van der Waals surface area (Å²) in [7, 11) is 0. The second kappa shape index (κ2) is 9.16. The molecule has 6 rings (SSSR count). The van der Waals surface area contributed by atoms with Gasteiger partial charge in [-0.25, -0.2) is 9.97 Å². The van der Waals surface area contributed by atoms with E-state index in [1.165, 1.54) is 11.3 Å². The van der Waals surface area contributed by atoms with E-state index < -0.39 is 12.1 Å². The van der Waals surface area contributed by atoms with Crippen LogP contribution in [-0.4, -0.2) is 43.0 Å². The van der Waals surface area contributed by atoms with Gasteiger partial charge < -0.3 is 10.5 Å². The fourth-order valence-corrected chi connectivity index (χ4v) is 6.97. The number of amides is 1. The predicted octanol–water partition coefficient (Wildman–Crippen LogP) is 4.78. The minimum absolute atomic E-state index is 0.157. The number of ether oxygens (including phenoxy) is 1. The molecule has 2 atom stereocenters. The zero-order valence-electron chi connectivity index (χ0n) is 18.4. The number of nitrogens with two attached hydrogens (primary N) is 1. The first-order valence-corrected chi connectivity index (χ1v) is 13.4. The number of hydrogen-bond acceptors (Lipinski definition) is 8. The molecule has 1 amide bonds. The first-order chi connectivity index (χ1) is 17.1. The number of benzene rings is 2. The second-order valence-electron chi connectivity index (χ2n) is 8.22. The highest BCUT2D eigenvalue weighted by Gasteiger charge is 2.52. The van der Waals surface area contributed by atoms with Crippen molar-refractivity contribution in [3.63, 3.8) is 0 Å². The lowest BCUT2D eigenvalue weighted by Crippen LogP contribution is -2.68. The van der Waals surface area contributed by atoms with Gasteiger partial charge in [-0.05, 0) is 35.5 Å². The summed E-state index contributed by atoms with van der Waals surface area (Å²) in [6.45, 7) is 0. The Bertz CT molecular complexity index is 1380. The van der Waals surface area contributed by atoms with E-state index in [2.05, 4.69) is 4.98 Å². The number of hydrogen-bond donors (Lipinski definition) is 1. The molecule has 2 aliphatic rings. The third-order valence-electron chi connectivity index (χ3n) is 6.06. The van der Waals surface area contributed by atoms with Crippen molar-refractivity contribution in [2.24, 2.45) is 5.73 Å². The van der Waals surface area contributed by atoms with Gasteiger partial charge in [-0.1, -0.05) is 72.0 Å². The number of pyridine rings is 1. The van der Waals surface area contributed by atoms with Crippen LogP contribution < -0.4 is 5.73 Å². The van der Waals surface area contributed by atoms with Gasteiger partial charge in [0.2, 0.25) is 11.0 Å². The highest BCUT2D eigenvalue weighted by molar-refractivity contribution is 8.00. The average Bonchev–Trinajstić information content (AvgIpc) is 3.35. The molecule has 0 aliphatic carbocycles. The Labute approximate surface area is 215 Å². The van der Waals surface area contributed by atoms with Crippen molar-refractivity contribution < 1.29 is 9.53 Å². The molecule has 1 unspecified atom stereocenters. The maximum atomic E-state index is 12.9. The largest absolute Gasteiger partial charge is 0.469 e. The van der Waals surface area contributed by atoms with Crippen molar-refractivity contribution in [1.29, 1.82) is 0 Å². The molecule has 4 aromatic rings. The highest BCUT2D eigenvalue weighted by atomic mass is 32.2. The fourth-order valence-electron chi connectivity index (χ4n) is 4.32. The lowest BCUT2D eigenvalue weighted by atomic mass is 10.0. The van der Waals surface area contributed by atoms with E-state index in [0.717, 1.165) is 32.1 Å². The lowest BCUT2D eigenvalue weighted by molar-refractivity contribution is -0.140. The zero-order chi connectivity index (χ0) is 23.9. The Morgan fingerprint density at radius 3 is 2.40 bits per heavy atom. The van der Waals surface area contributed by atoms with Gasteiger partial charge in [0.1, 0.15) is 38.6 Å². The number of carbonyl (C=O) groups is 1. The molecule has 2 N–H and O–H groups in total. The van der Waals surface area contributed by atoms with Crippen LogP contribution in [0.3, 0.4) is 0 Å². The van der Waals surface area contributed by atoms with Gasteiger partial charge in [0, 0.05) is 17.5 Å². The molecule has 0 spiro atoms. The van der Waals surface area contributed by atoms with Crippen LogP contribution in [0.4, 0.5) is 0 Å². The van der Waals surface area contributed by atoms with Crippen LogP contribution in [0.1, 0.15) is 22.2 Å². The van der Waals surface area contributed by atoms with Crippen molar-refractivity contribution in [3.8, 4) is 0 Å². The monoisotopic (exact) mass is 516 g/mol. The molecule has 4 heterocycles. The zero-order valence-corrected chi connectivity index (χ0v) is 20.9. The standard InChI is InChI=1S/C26H20N4O2S3/c27-19-24(31)30-20(17(14-34-25(19)30)22-29-18-12-7-13-28-23(18)35-22)26(33)32-21(15-8-3-1-4-9-15)16-10-5-2-6-11-16/h1-13,19,21,25H,14,27H2/t19?,25-/m1/s1. The van der Waals surface area contributed by atoms with Crippen LogP contribution in [0.5, 0.6) is 0 Å². The minimum atomic E-state index is -0.546. The molecule has 0 radical (unpaired) electrons. The molecule has 2 aromatic heterocycles. The van der Waals surface area contributed by atoms with Crippen molar-refractivity contribution in [2.75, 3.05) is 5.75 Å². The van der Waals surface area contributed by atoms with E-state index in [-0.39, 0.29) is 16.3 Å². The summed E-state index contributed by atoms with van der Waals surface area (Å²) in [6, 6.07) is 23.1. The minimum Gasteiger partial charge on any atom is -0.469 e. The van der Waals surface area contributed by atoms with Crippen LogP contribution in [0.15, 0.2) is 84.7 Å². The number of fused-ring (bicyclic) bond motifs is 2. The Hall–Kier alpha value is -3.11.